The lowest BCUT2D eigenvalue weighted by molar-refractivity contribution is 0.328. The van der Waals surface area contributed by atoms with E-state index in [9.17, 15) is 8.78 Å². The Morgan fingerprint density at radius 1 is 1.31 bits per heavy atom. The van der Waals surface area contributed by atoms with Crippen LogP contribution in [0.2, 0.25) is 0 Å². The predicted octanol–water partition coefficient (Wildman–Crippen LogP) is 2.20. The van der Waals surface area contributed by atoms with Gasteiger partial charge < -0.3 is 14.9 Å². The van der Waals surface area contributed by atoms with Gasteiger partial charge in [-0.05, 0) is 12.1 Å². The van der Waals surface area contributed by atoms with Gasteiger partial charge in [-0.25, -0.2) is 8.78 Å². The van der Waals surface area contributed by atoms with E-state index in [1.54, 1.807) is 0 Å². The summed E-state index contributed by atoms with van der Waals surface area (Å²) in [6.07, 6.45) is 1.27. The molecule has 16 heavy (non-hydrogen) atoms. The van der Waals surface area contributed by atoms with Crippen LogP contribution < -0.4 is 10.5 Å². The number of hydrogen-bond donors (Lipinski definition) is 1. The minimum atomic E-state index is -0.997. The molecule has 2 aromatic rings. The Morgan fingerprint density at radius 2 is 2.12 bits per heavy atom. The van der Waals surface area contributed by atoms with Gasteiger partial charge in [-0.3, -0.25) is 0 Å². The number of nitrogens with two attached hydrogens (primary N) is 1. The quantitative estimate of drug-likeness (QED) is 0.871. The van der Waals surface area contributed by atoms with Gasteiger partial charge in [0, 0.05) is 12.6 Å². The van der Waals surface area contributed by atoms with Gasteiger partial charge >= 0.3 is 6.08 Å². The number of rotatable bonds is 3. The smallest absolute Gasteiger partial charge is 0.399 e. The molecule has 6 heteroatoms. The second-order valence-electron chi connectivity index (χ2n) is 2.99. The summed E-state index contributed by atoms with van der Waals surface area (Å²) in [5.41, 5.74) is 5.82. The number of oxazole rings is 1. The van der Waals surface area contributed by atoms with Crippen LogP contribution >= 0.6 is 0 Å². The van der Waals surface area contributed by atoms with E-state index in [1.165, 1.54) is 12.3 Å². The molecule has 0 saturated carbocycles. The molecule has 0 aliphatic carbocycles. The molecule has 0 spiro atoms. The van der Waals surface area contributed by atoms with Crippen molar-refractivity contribution in [1.82, 2.24) is 4.98 Å². The van der Waals surface area contributed by atoms with Crippen LogP contribution in [0.1, 0.15) is 5.69 Å². The van der Waals surface area contributed by atoms with Crippen LogP contribution in [0.25, 0.3) is 0 Å². The van der Waals surface area contributed by atoms with Crippen molar-refractivity contribution in [1.29, 1.82) is 0 Å². The molecular weight excluding hydrogens is 218 g/mol. The Bertz CT molecular complexity index is 499. The molecule has 2 rings (SSSR count). The van der Waals surface area contributed by atoms with Crippen molar-refractivity contribution >= 4 is 0 Å². The summed E-state index contributed by atoms with van der Waals surface area (Å²) in [6.45, 7) is 0.213. The highest BCUT2D eigenvalue weighted by Gasteiger charge is 2.08. The van der Waals surface area contributed by atoms with Gasteiger partial charge in [-0.1, -0.05) is 0 Å². The molecule has 4 nitrogen and oxygen atoms in total. The van der Waals surface area contributed by atoms with Crippen LogP contribution in [0, 0.1) is 11.6 Å². The van der Waals surface area contributed by atoms with E-state index in [0.29, 0.717) is 5.69 Å². The topological polar surface area (TPSA) is 61.3 Å². The van der Waals surface area contributed by atoms with Crippen molar-refractivity contribution in [2.45, 2.75) is 6.54 Å². The zero-order valence-corrected chi connectivity index (χ0v) is 8.11. The van der Waals surface area contributed by atoms with Crippen LogP contribution in [-0.4, -0.2) is 4.98 Å². The van der Waals surface area contributed by atoms with E-state index in [0.717, 1.165) is 12.1 Å². The molecule has 1 aromatic heterocycles. The van der Waals surface area contributed by atoms with Gasteiger partial charge in [0.05, 0.1) is 5.69 Å². The van der Waals surface area contributed by atoms with Crippen LogP contribution in [0.15, 0.2) is 28.9 Å². The number of halogens is 2. The summed E-state index contributed by atoms with van der Waals surface area (Å²) in [7, 11) is 0. The highest BCUT2D eigenvalue weighted by molar-refractivity contribution is 5.25. The zero-order chi connectivity index (χ0) is 11.5. The van der Waals surface area contributed by atoms with Crippen molar-refractivity contribution in [2.24, 2.45) is 5.73 Å². The molecule has 0 atom stereocenters. The maximum absolute atomic E-state index is 12.8. The number of nitrogens with zero attached hydrogens (tertiary/aromatic N) is 1. The predicted molar refractivity (Wildman–Crippen MR) is 50.8 cm³/mol. The van der Waals surface area contributed by atoms with E-state index in [4.69, 9.17) is 14.9 Å². The monoisotopic (exact) mass is 226 g/mol. The van der Waals surface area contributed by atoms with Gasteiger partial charge in [0.1, 0.15) is 12.0 Å². The third-order valence-corrected chi connectivity index (χ3v) is 1.84. The van der Waals surface area contributed by atoms with E-state index in [-0.39, 0.29) is 18.4 Å². The van der Waals surface area contributed by atoms with Crippen molar-refractivity contribution in [2.75, 3.05) is 0 Å². The maximum atomic E-state index is 12.8. The Balaban J connectivity index is 2.17. The van der Waals surface area contributed by atoms with Gasteiger partial charge in [0.2, 0.25) is 0 Å². The molecular formula is C10H8F2N2O2. The summed E-state index contributed by atoms with van der Waals surface area (Å²) in [4.78, 5) is 3.85. The second-order valence-corrected chi connectivity index (χ2v) is 2.99. The highest BCUT2D eigenvalue weighted by Crippen LogP contribution is 2.22. The Kier molecular flexibility index (Phi) is 2.82. The number of ether oxygens (including phenoxy) is 1. The van der Waals surface area contributed by atoms with Gasteiger partial charge in [-0.2, -0.15) is 4.98 Å². The molecule has 2 N–H and O–H groups in total. The minimum absolute atomic E-state index is 0.0635. The molecule has 0 saturated heterocycles. The fourth-order valence-electron chi connectivity index (χ4n) is 1.07. The lowest BCUT2D eigenvalue weighted by atomic mass is 10.3. The summed E-state index contributed by atoms with van der Waals surface area (Å²) in [5.74, 6) is -1.84. The molecule has 84 valence electrons. The highest BCUT2D eigenvalue weighted by atomic mass is 19.2. The van der Waals surface area contributed by atoms with Crippen molar-refractivity contribution in [3.8, 4) is 11.8 Å². The average Bonchev–Trinajstić information content (AvgIpc) is 2.71. The third kappa shape index (κ3) is 2.17. The number of benzene rings is 1. The standard InChI is InChI=1S/C10H8F2N2O2/c11-8-2-1-7(3-9(8)12)16-10-14-6(4-13)5-15-10/h1-3,5H,4,13H2. The largest absolute Gasteiger partial charge is 0.417 e. The summed E-state index contributed by atoms with van der Waals surface area (Å²) in [5, 5.41) is 0. The molecule has 0 bridgehead atoms. The first kappa shape index (κ1) is 10.6. The van der Waals surface area contributed by atoms with E-state index < -0.39 is 11.6 Å². The molecule has 0 aliphatic heterocycles. The first-order valence-electron chi connectivity index (χ1n) is 4.46. The van der Waals surface area contributed by atoms with E-state index >= 15 is 0 Å². The fourth-order valence-corrected chi connectivity index (χ4v) is 1.07. The number of hydrogen-bond acceptors (Lipinski definition) is 4. The minimum Gasteiger partial charge on any atom is -0.417 e. The molecule has 0 unspecified atom stereocenters. The molecule has 0 fully saturated rings. The second kappa shape index (κ2) is 4.28. The van der Waals surface area contributed by atoms with Gasteiger partial charge in [0.25, 0.3) is 0 Å². The molecule has 1 aromatic carbocycles. The Hall–Kier alpha value is -1.95. The first-order chi connectivity index (χ1) is 7.69. The zero-order valence-electron chi connectivity index (χ0n) is 8.11. The third-order valence-electron chi connectivity index (χ3n) is 1.84. The lowest BCUT2D eigenvalue weighted by Gasteiger charge is -2.00. The Morgan fingerprint density at radius 3 is 2.75 bits per heavy atom. The van der Waals surface area contributed by atoms with Gasteiger partial charge in [0.15, 0.2) is 11.6 Å². The van der Waals surface area contributed by atoms with E-state index in [1.807, 2.05) is 0 Å². The summed E-state index contributed by atoms with van der Waals surface area (Å²) >= 11 is 0. The van der Waals surface area contributed by atoms with Crippen LogP contribution in [-0.2, 0) is 6.54 Å². The summed E-state index contributed by atoms with van der Waals surface area (Å²) in [6, 6.07) is 3.13. The fraction of sp³-hybridized carbons (Fsp3) is 0.100. The van der Waals surface area contributed by atoms with Gasteiger partial charge in [-0.15, -0.1) is 0 Å². The van der Waals surface area contributed by atoms with Crippen LogP contribution in [0.4, 0.5) is 8.78 Å². The maximum Gasteiger partial charge on any atom is 0.399 e. The van der Waals surface area contributed by atoms with Crippen molar-refractivity contribution in [3.05, 3.63) is 41.8 Å². The average molecular weight is 226 g/mol. The lowest BCUT2D eigenvalue weighted by Crippen LogP contribution is -1.96. The van der Waals surface area contributed by atoms with Crippen LogP contribution in [0.3, 0.4) is 0 Å². The molecule has 0 aliphatic rings. The summed E-state index contributed by atoms with van der Waals surface area (Å²) < 4.78 is 35.4. The molecule has 1 heterocycles. The normalized spacial score (nSPS) is 10.4. The van der Waals surface area contributed by atoms with Crippen molar-refractivity contribution < 1.29 is 17.9 Å². The van der Waals surface area contributed by atoms with Crippen LogP contribution in [0.5, 0.6) is 11.8 Å². The Labute approximate surface area is 89.7 Å². The van der Waals surface area contributed by atoms with Crippen molar-refractivity contribution in [3.63, 3.8) is 0 Å². The molecule has 0 radical (unpaired) electrons. The van der Waals surface area contributed by atoms with E-state index in [2.05, 4.69) is 4.98 Å². The molecule has 0 amide bonds. The SMILES string of the molecule is NCc1coc(Oc2ccc(F)c(F)c2)n1. The number of aromatic nitrogens is 1. The first-order valence-corrected chi connectivity index (χ1v) is 4.46.